The minimum absolute atomic E-state index is 0.199. The van der Waals surface area contributed by atoms with Gasteiger partial charge in [-0.25, -0.2) is 0 Å². The maximum absolute atomic E-state index is 6.82. The minimum atomic E-state index is -1.23. The molecule has 0 bridgehead atoms. The summed E-state index contributed by atoms with van der Waals surface area (Å²) in [5, 5.41) is 0. The topological polar surface area (TPSA) is 0 Å². The first kappa shape index (κ1) is 12.9. The van der Waals surface area contributed by atoms with Crippen LogP contribution in [-0.4, -0.2) is 11.0 Å². The molecule has 0 aromatic heterocycles. The Morgan fingerprint density at radius 1 is 1.20 bits per heavy atom. The second-order valence-electron chi connectivity index (χ2n) is 4.64. The molecule has 0 aliphatic rings. The van der Waals surface area contributed by atoms with Gasteiger partial charge in [-0.3, -0.25) is 0 Å². The van der Waals surface area contributed by atoms with Gasteiger partial charge in [-0.2, -0.15) is 0 Å². The first-order valence-electron chi connectivity index (χ1n) is 5.44. The number of hydrogen-bond donors (Lipinski definition) is 0. The zero-order chi connectivity index (χ0) is 11.5. The largest absolute Gasteiger partial charge is 0.134 e. The van der Waals surface area contributed by atoms with Crippen molar-refractivity contribution < 1.29 is 0 Å². The van der Waals surface area contributed by atoms with Crippen molar-refractivity contribution in [2.45, 2.75) is 43.3 Å². The summed E-state index contributed by atoms with van der Waals surface area (Å²) in [7, 11) is 5.59. The zero-order valence-electron chi connectivity index (χ0n) is 10.1. The number of halogens is 1. The van der Waals surface area contributed by atoms with Crippen LogP contribution in [0.15, 0.2) is 35.2 Å². The van der Waals surface area contributed by atoms with Crippen molar-refractivity contribution in [1.82, 2.24) is 0 Å². The standard InChI is InChI=1S/C13H21ClS/c1-5-11-13(2,3)15(4,14)12-9-7-6-8-10-12/h6-10H,5,11H2,1-4H3. The van der Waals surface area contributed by atoms with E-state index in [0.717, 1.165) is 0 Å². The highest BCUT2D eigenvalue weighted by Gasteiger charge is 2.35. The van der Waals surface area contributed by atoms with E-state index in [1.165, 1.54) is 17.7 Å². The molecule has 0 N–H and O–H groups in total. The monoisotopic (exact) mass is 244 g/mol. The average molecular weight is 245 g/mol. The Kier molecular flexibility index (Phi) is 4.13. The van der Waals surface area contributed by atoms with Gasteiger partial charge in [0.25, 0.3) is 0 Å². The Labute approximate surface area is 99.9 Å². The third-order valence-corrected chi connectivity index (χ3v) is 8.30. The molecule has 1 atom stereocenters. The predicted octanol–water partition coefficient (Wildman–Crippen LogP) is 5.21. The molecular formula is C13H21ClS. The fraction of sp³-hybridized carbons (Fsp3) is 0.538. The minimum Gasteiger partial charge on any atom is -0.134 e. The highest BCUT2D eigenvalue weighted by atomic mass is 35.7. The van der Waals surface area contributed by atoms with Gasteiger partial charge < -0.3 is 0 Å². The fourth-order valence-electron chi connectivity index (χ4n) is 1.79. The van der Waals surface area contributed by atoms with E-state index in [0.29, 0.717) is 0 Å². The van der Waals surface area contributed by atoms with Gasteiger partial charge in [0, 0.05) is 9.64 Å². The van der Waals surface area contributed by atoms with Crippen LogP contribution in [0.25, 0.3) is 0 Å². The molecule has 0 spiro atoms. The lowest BCUT2D eigenvalue weighted by molar-refractivity contribution is 0.620. The zero-order valence-corrected chi connectivity index (χ0v) is 11.7. The van der Waals surface area contributed by atoms with Crippen molar-refractivity contribution in [2.75, 3.05) is 6.26 Å². The summed E-state index contributed by atoms with van der Waals surface area (Å²) in [6.45, 7) is 6.79. The number of hydrogen-bond acceptors (Lipinski definition) is 0. The van der Waals surface area contributed by atoms with Crippen LogP contribution in [0.1, 0.15) is 33.6 Å². The first-order chi connectivity index (χ1) is 6.92. The van der Waals surface area contributed by atoms with Crippen LogP contribution in [0.2, 0.25) is 0 Å². The van der Waals surface area contributed by atoms with E-state index in [1.54, 1.807) is 0 Å². The second-order valence-corrected chi connectivity index (χ2v) is 9.71. The van der Waals surface area contributed by atoms with Crippen molar-refractivity contribution in [1.29, 1.82) is 0 Å². The maximum atomic E-state index is 6.82. The van der Waals surface area contributed by atoms with Crippen molar-refractivity contribution >= 4 is 19.9 Å². The van der Waals surface area contributed by atoms with Gasteiger partial charge in [0.15, 0.2) is 0 Å². The van der Waals surface area contributed by atoms with Gasteiger partial charge in [-0.1, -0.05) is 56.1 Å². The molecule has 0 heterocycles. The van der Waals surface area contributed by atoms with Gasteiger partial charge in [-0.05, 0) is 24.8 Å². The Bertz CT molecular complexity index is 304. The van der Waals surface area contributed by atoms with Crippen molar-refractivity contribution in [2.24, 2.45) is 0 Å². The predicted molar refractivity (Wildman–Crippen MR) is 73.1 cm³/mol. The summed E-state index contributed by atoms with van der Waals surface area (Å²) < 4.78 is 0.199. The molecule has 1 aromatic carbocycles. The van der Waals surface area contributed by atoms with E-state index >= 15 is 0 Å². The second kappa shape index (κ2) is 4.80. The van der Waals surface area contributed by atoms with Crippen LogP contribution in [0.3, 0.4) is 0 Å². The normalized spacial score (nSPS) is 18.2. The Hall–Kier alpha value is -0.140. The lowest BCUT2D eigenvalue weighted by Crippen LogP contribution is -2.24. The van der Waals surface area contributed by atoms with Crippen molar-refractivity contribution in [3.63, 3.8) is 0 Å². The van der Waals surface area contributed by atoms with E-state index in [9.17, 15) is 0 Å². The van der Waals surface area contributed by atoms with Crippen molar-refractivity contribution in [3.8, 4) is 0 Å². The molecule has 0 aliphatic carbocycles. The highest BCUT2D eigenvalue weighted by Crippen LogP contribution is 2.67. The lowest BCUT2D eigenvalue weighted by Gasteiger charge is -2.44. The summed E-state index contributed by atoms with van der Waals surface area (Å²) >= 11 is 0. The summed E-state index contributed by atoms with van der Waals surface area (Å²) in [5.41, 5.74) is 0. The molecule has 0 fully saturated rings. The van der Waals surface area contributed by atoms with Crippen LogP contribution < -0.4 is 0 Å². The van der Waals surface area contributed by atoms with Gasteiger partial charge in [0.1, 0.15) is 0 Å². The van der Waals surface area contributed by atoms with E-state index in [2.05, 4.69) is 51.3 Å². The van der Waals surface area contributed by atoms with Crippen LogP contribution in [0, 0.1) is 0 Å². The number of rotatable bonds is 4. The Morgan fingerprint density at radius 3 is 2.20 bits per heavy atom. The molecule has 0 nitrogen and oxygen atoms in total. The SMILES string of the molecule is CCCC(C)(C)S(C)(Cl)c1ccccc1. The molecule has 0 aliphatic heterocycles. The molecular weight excluding hydrogens is 224 g/mol. The average Bonchev–Trinajstić information content (AvgIpc) is 2.19. The summed E-state index contributed by atoms with van der Waals surface area (Å²) in [6.07, 6.45) is 4.58. The van der Waals surface area contributed by atoms with Crippen LogP contribution in [-0.2, 0) is 0 Å². The van der Waals surface area contributed by atoms with E-state index in [-0.39, 0.29) is 4.75 Å². The molecule has 0 amide bonds. The van der Waals surface area contributed by atoms with E-state index < -0.39 is 9.24 Å². The van der Waals surface area contributed by atoms with Gasteiger partial charge in [0.2, 0.25) is 0 Å². The molecule has 1 aromatic rings. The fourth-order valence-corrected chi connectivity index (χ4v) is 4.22. The molecule has 1 rings (SSSR count). The van der Waals surface area contributed by atoms with Gasteiger partial charge in [0.05, 0.1) is 0 Å². The first-order valence-corrected chi connectivity index (χ1v) is 8.31. The molecule has 0 radical (unpaired) electrons. The molecule has 1 unspecified atom stereocenters. The summed E-state index contributed by atoms with van der Waals surface area (Å²) in [4.78, 5) is 1.30. The Morgan fingerprint density at radius 2 is 1.73 bits per heavy atom. The molecule has 86 valence electrons. The molecule has 0 saturated carbocycles. The van der Waals surface area contributed by atoms with Gasteiger partial charge in [-0.15, -0.1) is 9.24 Å². The Balaban J connectivity index is 3.01. The third kappa shape index (κ3) is 2.70. The van der Waals surface area contributed by atoms with Crippen LogP contribution >= 0.6 is 19.9 Å². The van der Waals surface area contributed by atoms with Gasteiger partial charge >= 0.3 is 0 Å². The van der Waals surface area contributed by atoms with E-state index in [4.69, 9.17) is 10.7 Å². The number of benzene rings is 1. The quantitative estimate of drug-likeness (QED) is 0.682. The molecule has 0 saturated heterocycles. The molecule has 2 heteroatoms. The lowest BCUT2D eigenvalue weighted by atomic mass is 10.1. The highest BCUT2D eigenvalue weighted by molar-refractivity contribution is 8.51. The summed E-state index contributed by atoms with van der Waals surface area (Å²) in [6, 6.07) is 10.5. The van der Waals surface area contributed by atoms with Crippen LogP contribution in [0.4, 0.5) is 0 Å². The summed E-state index contributed by atoms with van der Waals surface area (Å²) in [5.74, 6) is 0. The van der Waals surface area contributed by atoms with Crippen molar-refractivity contribution in [3.05, 3.63) is 30.3 Å². The maximum Gasteiger partial charge on any atom is 0.0108 e. The van der Waals surface area contributed by atoms with Crippen LogP contribution in [0.5, 0.6) is 0 Å². The molecule has 15 heavy (non-hydrogen) atoms. The van der Waals surface area contributed by atoms with E-state index in [1.807, 2.05) is 6.07 Å². The smallest absolute Gasteiger partial charge is 0.0108 e. The third-order valence-electron chi connectivity index (χ3n) is 3.08.